The molecule has 4 aromatic rings. The highest BCUT2D eigenvalue weighted by atomic mass is 16.1. The number of nitrogens with two attached hydrogens (primary N) is 2. The molecule has 158 valence electrons. The summed E-state index contributed by atoms with van der Waals surface area (Å²) >= 11 is 0. The number of fused-ring (bicyclic) bond motifs is 1. The molecule has 9 heteroatoms. The lowest BCUT2D eigenvalue weighted by Crippen LogP contribution is -2.21. The van der Waals surface area contributed by atoms with Gasteiger partial charge in [0.15, 0.2) is 0 Å². The molecule has 0 bridgehead atoms. The molecule has 0 saturated heterocycles. The van der Waals surface area contributed by atoms with Gasteiger partial charge in [-0.2, -0.15) is 10.4 Å². The first kappa shape index (κ1) is 20.7. The minimum absolute atomic E-state index is 0.0483. The van der Waals surface area contributed by atoms with Crippen LogP contribution in [0.25, 0.3) is 22.0 Å². The Labute approximate surface area is 183 Å². The van der Waals surface area contributed by atoms with Gasteiger partial charge in [-0.05, 0) is 32.0 Å². The minimum Gasteiger partial charge on any atom is -0.366 e. The molecular weight excluding hydrogens is 406 g/mol. The molecule has 9 nitrogen and oxygen atoms in total. The molecule has 2 amide bonds. The Morgan fingerprint density at radius 1 is 1.00 bits per heavy atom. The van der Waals surface area contributed by atoms with Crippen molar-refractivity contribution in [1.29, 1.82) is 5.26 Å². The van der Waals surface area contributed by atoms with E-state index in [2.05, 4.69) is 15.1 Å². The summed E-state index contributed by atoms with van der Waals surface area (Å²) in [5, 5.41) is 14.2. The summed E-state index contributed by atoms with van der Waals surface area (Å²) in [4.78, 5) is 33.6. The number of rotatable bonds is 5. The molecule has 0 fully saturated rings. The Hall–Kier alpha value is -4.58. The lowest BCUT2D eigenvalue weighted by atomic mass is 9.92. The number of aryl methyl sites for hydroxylation is 1. The highest BCUT2D eigenvalue weighted by Crippen LogP contribution is 2.36. The van der Waals surface area contributed by atoms with Gasteiger partial charge in [-0.3, -0.25) is 14.3 Å². The molecule has 0 spiro atoms. The number of nitrogens with zero attached hydrogens (tertiary/aromatic N) is 5. The number of pyridine rings is 2. The van der Waals surface area contributed by atoms with Crippen LogP contribution in [0.2, 0.25) is 0 Å². The number of nitriles is 1. The Morgan fingerprint density at radius 2 is 1.75 bits per heavy atom. The highest BCUT2D eigenvalue weighted by Gasteiger charge is 2.27. The van der Waals surface area contributed by atoms with E-state index in [4.69, 9.17) is 16.7 Å². The largest absolute Gasteiger partial charge is 0.366 e. The fourth-order valence-electron chi connectivity index (χ4n) is 3.89. The molecule has 0 saturated carbocycles. The zero-order valence-electron chi connectivity index (χ0n) is 17.5. The minimum atomic E-state index is -0.775. The van der Waals surface area contributed by atoms with E-state index in [-0.39, 0.29) is 16.8 Å². The maximum absolute atomic E-state index is 12.5. The van der Waals surface area contributed by atoms with E-state index in [9.17, 15) is 9.59 Å². The molecule has 4 N–H and O–H groups in total. The second-order valence-electron chi connectivity index (χ2n) is 7.29. The normalized spacial score (nSPS) is 10.8. The lowest BCUT2D eigenvalue weighted by molar-refractivity contribution is 0.0996. The number of hydrogen-bond acceptors (Lipinski definition) is 6. The standard InChI is InChI=1S/C23H19N7O2/c1-12-18(13(2)30(29-12)11-15-7-5-6-14(10-24)27-15)20-19(22(25)31)16-8-3-4-9-17(16)28-21(20)23(26)32/h3-9H,11H2,1-2H3,(H2,25,31)(H2,26,32). The molecule has 0 unspecified atom stereocenters. The van der Waals surface area contributed by atoms with Gasteiger partial charge < -0.3 is 11.5 Å². The van der Waals surface area contributed by atoms with E-state index in [0.717, 1.165) is 0 Å². The number of carbonyl (C=O) groups excluding carboxylic acids is 2. The van der Waals surface area contributed by atoms with Crippen molar-refractivity contribution in [2.75, 3.05) is 0 Å². The molecule has 32 heavy (non-hydrogen) atoms. The summed E-state index contributed by atoms with van der Waals surface area (Å²) in [5.74, 6) is -1.47. The molecule has 0 radical (unpaired) electrons. The predicted octanol–water partition coefficient (Wildman–Crippen LogP) is 2.23. The van der Waals surface area contributed by atoms with Gasteiger partial charge in [-0.1, -0.05) is 24.3 Å². The quantitative estimate of drug-likeness (QED) is 0.500. The van der Waals surface area contributed by atoms with Crippen molar-refractivity contribution in [3.8, 4) is 17.2 Å². The third-order valence-corrected chi connectivity index (χ3v) is 5.24. The van der Waals surface area contributed by atoms with Crippen molar-refractivity contribution >= 4 is 22.7 Å². The van der Waals surface area contributed by atoms with Gasteiger partial charge >= 0.3 is 0 Å². The van der Waals surface area contributed by atoms with Gasteiger partial charge in [-0.25, -0.2) is 9.97 Å². The second-order valence-corrected chi connectivity index (χ2v) is 7.29. The molecule has 4 rings (SSSR count). The predicted molar refractivity (Wildman–Crippen MR) is 118 cm³/mol. The topological polar surface area (TPSA) is 154 Å². The second kappa shape index (κ2) is 7.92. The van der Waals surface area contributed by atoms with Crippen LogP contribution in [0.4, 0.5) is 0 Å². The molecule has 0 aliphatic heterocycles. The van der Waals surface area contributed by atoms with Crippen LogP contribution in [0.15, 0.2) is 42.5 Å². The zero-order valence-corrected chi connectivity index (χ0v) is 17.5. The monoisotopic (exact) mass is 425 g/mol. The van der Waals surface area contributed by atoms with Gasteiger partial charge in [0.25, 0.3) is 5.91 Å². The summed E-state index contributed by atoms with van der Waals surface area (Å²) in [6.07, 6.45) is 0. The van der Waals surface area contributed by atoms with E-state index in [0.29, 0.717) is 45.8 Å². The van der Waals surface area contributed by atoms with Crippen molar-refractivity contribution in [3.05, 3.63) is 76.5 Å². The number of aromatic nitrogens is 4. The van der Waals surface area contributed by atoms with Crippen molar-refractivity contribution < 1.29 is 9.59 Å². The van der Waals surface area contributed by atoms with Crippen molar-refractivity contribution in [1.82, 2.24) is 19.7 Å². The maximum Gasteiger partial charge on any atom is 0.267 e. The Balaban J connectivity index is 1.98. The number of primary amides is 2. The number of benzene rings is 1. The average Bonchev–Trinajstić information content (AvgIpc) is 3.04. The number of carbonyl (C=O) groups is 2. The number of amides is 2. The van der Waals surface area contributed by atoms with Crippen LogP contribution in [-0.4, -0.2) is 31.6 Å². The third-order valence-electron chi connectivity index (χ3n) is 5.24. The zero-order chi connectivity index (χ0) is 23.0. The van der Waals surface area contributed by atoms with Crippen LogP contribution in [0.5, 0.6) is 0 Å². The summed E-state index contributed by atoms with van der Waals surface area (Å²) in [5.41, 5.74) is 15.0. The smallest absolute Gasteiger partial charge is 0.267 e. The van der Waals surface area contributed by atoms with Gasteiger partial charge in [0, 0.05) is 22.2 Å². The van der Waals surface area contributed by atoms with Crippen LogP contribution >= 0.6 is 0 Å². The van der Waals surface area contributed by atoms with Crippen LogP contribution in [0, 0.1) is 25.2 Å². The third kappa shape index (κ3) is 3.44. The Kier molecular flexibility index (Phi) is 5.12. The summed E-state index contributed by atoms with van der Waals surface area (Å²) in [6, 6.07) is 14.1. The van der Waals surface area contributed by atoms with Crippen molar-refractivity contribution in [2.24, 2.45) is 11.5 Å². The van der Waals surface area contributed by atoms with E-state index in [1.165, 1.54) is 0 Å². The van der Waals surface area contributed by atoms with Crippen LogP contribution in [0.1, 0.15) is 43.6 Å². The first-order valence-corrected chi connectivity index (χ1v) is 9.74. The van der Waals surface area contributed by atoms with Crippen LogP contribution in [-0.2, 0) is 6.54 Å². The maximum atomic E-state index is 12.5. The molecule has 0 aliphatic rings. The molecule has 3 heterocycles. The van der Waals surface area contributed by atoms with Gasteiger partial charge in [-0.15, -0.1) is 0 Å². The van der Waals surface area contributed by atoms with Crippen LogP contribution < -0.4 is 11.5 Å². The SMILES string of the molecule is Cc1nn(Cc2cccc(C#N)n2)c(C)c1-c1c(C(N)=O)nc2ccccc2c1C(N)=O. The van der Waals surface area contributed by atoms with Crippen molar-refractivity contribution in [2.45, 2.75) is 20.4 Å². The van der Waals surface area contributed by atoms with Gasteiger partial charge in [0.05, 0.1) is 29.0 Å². The summed E-state index contributed by atoms with van der Waals surface area (Å²) in [6.45, 7) is 3.87. The first-order chi connectivity index (χ1) is 15.3. The van der Waals surface area contributed by atoms with Gasteiger partial charge in [0.2, 0.25) is 5.91 Å². The average molecular weight is 425 g/mol. The van der Waals surface area contributed by atoms with E-state index in [1.807, 2.05) is 13.0 Å². The molecular formula is C23H19N7O2. The summed E-state index contributed by atoms with van der Waals surface area (Å²) < 4.78 is 1.69. The fraction of sp³-hybridized carbons (Fsp3) is 0.130. The van der Waals surface area contributed by atoms with E-state index >= 15 is 0 Å². The molecule has 0 atom stereocenters. The lowest BCUT2D eigenvalue weighted by Gasteiger charge is -2.14. The van der Waals surface area contributed by atoms with Crippen molar-refractivity contribution in [3.63, 3.8) is 0 Å². The Bertz CT molecular complexity index is 1450. The Morgan fingerprint density at radius 3 is 2.44 bits per heavy atom. The molecule has 3 aromatic heterocycles. The number of hydrogen-bond donors (Lipinski definition) is 2. The number of para-hydroxylation sites is 1. The summed E-state index contributed by atoms with van der Waals surface area (Å²) in [7, 11) is 0. The molecule has 1 aromatic carbocycles. The fourth-order valence-corrected chi connectivity index (χ4v) is 3.89. The van der Waals surface area contributed by atoms with E-state index < -0.39 is 11.8 Å². The van der Waals surface area contributed by atoms with E-state index in [1.54, 1.807) is 54.1 Å². The first-order valence-electron chi connectivity index (χ1n) is 9.74. The molecule has 0 aliphatic carbocycles. The van der Waals surface area contributed by atoms with Crippen LogP contribution in [0.3, 0.4) is 0 Å². The van der Waals surface area contributed by atoms with Gasteiger partial charge in [0.1, 0.15) is 17.5 Å². The highest BCUT2D eigenvalue weighted by molar-refractivity contribution is 6.15.